The lowest BCUT2D eigenvalue weighted by atomic mass is 10.0. The fraction of sp³-hybridized carbons (Fsp3) is 0.235. The van der Waals surface area contributed by atoms with Crippen molar-refractivity contribution >= 4 is 34.8 Å². The Balaban J connectivity index is 1.95. The van der Waals surface area contributed by atoms with Crippen LogP contribution >= 0.6 is 23.2 Å². The van der Waals surface area contributed by atoms with Crippen LogP contribution in [0.5, 0.6) is 0 Å². The minimum atomic E-state index is -0.489. The number of carbonyl (C=O) groups is 1. The average molecular weight is 335 g/mol. The van der Waals surface area contributed by atoms with Crippen LogP contribution in [0, 0.1) is 0 Å². The molecular formula is C17H16Cl2N2O. The molecule has 0 atom stereocenters. The van der Waals surface area contributed by atoms with E-state index in [2.05, 4.69) is 5.32 Å². The Labute approximate surface area is 139 Å². The molecule has 3 nitrogen and oxygen atoms in total. The van der Waals surface area contributed by atoms with E-state index < -0.39 is 5.66 Å². The van der Waals surface area contributed by atoms with Crippen LogP contribution in [0.3, 0.4) is 0 Å². The average Bonchev–Trinajstić information content (AvgIpc) is 2.46. The second-order valence-corrected chi connectivity index (χ2v) is 6.68. The summed E-state index contributed by atoms with van der Waals surface area (Å²) < 4.78 is 0. The fourth-order valence-electron chi connectivity index (χ4n) is 2.66. The number of para-hydroxylation sites is 1. The molecule has 0 saturated heterocycles. The van der Waals surface area contributed by atoms with Crippen LogP contribution in [0.25, 0.3) is 0 Å². The van der Waals surface area contributed by atoms with Gasteiger partial charge >= 0.3 is 0 Å². The van der Waals surface area contributed by atoms with Crippen molar-refractivity contribution in [2.24, 2.45) is 0 Å². The Kier molecular flexibility index (Phi) is 3.79. The summed E-state index contributed by atoms with van der Waals surface area (Å²) in [4.78, 5) is 14.6. The lowest BCUT2D eigenvalue weighted by Crippen LogP contribution is -2.55. The fourth-order valence-corrected chi connectivity index (χ4v) is 2.99. The highest BCUT2D eigenvalue weighted by Gasteiger charge is 2.37. The van der Waals surface area contributed by atoms with Crippen molar-refractivity contribution in [3.05, 3.63) is 63.6 Å². The number of fused-ring (bicyclic) bond motifs is 1. The largest absolute Gasteiger partial charge is 0.362 e. The van der Waals surface area contributed by atoms with Gasteiger partial charge in [-0.3, -0.25) is 4.79 Å². The molecule has 2 aromatic carbocycles. The summed E-state index contributed by atoms with van der Waals surface area (Å²) in [6.07, 6.45) is 0. The van der Waals surface area contributed by atoms with Gasteiger partial charge in [0.1, 0.15) is 5.66 Å². The molecule has 1 amide bonds. The highest BCUT2D eigenvalue weighted by molar-refractivity contribution is 6.42. The molecule has 1 N–H and O–H groups in total. The van der Waals surface area contributed by atoms with Crippen molar-refractivity contribution in [1.29, 1.82) is 0 Å². The van der Waals surface area contributed by atoms with Crippen LogP contribution in [-0.2, 0) is 6.54 Å². The number of halogens is 2. The molecule has 22 heavy (non-hydrogen) atoms. The van der Waals surface area contributed by atoms with Gasteiger partial charge in [-0.2, -0.15) is 0 Å². The zero-order valence-electron chi connectivity index (χ0n) is 12.4. The lowest BCUT2D eigenvalue weighted by Gasteiger charge is -2.44. The first-order valence-corrected chi connectivity index (χ1v) is 7.77. The molecule has 5 heteroatoms. The van der Waals surface area contributed by atoms with Gasteiger partial charge in [0.05, 0.1) is 15.6 Å². The van der Waals surface area contributed by atoms with E-state index in [0.717, 1.165) is 11.3 Å². The number of nitrogens with zero attached hydrogens (tertiary/aromatic N) is 1. The van der Waals surface area contributed by atoms with Gasteiger partial charge in [-0.15, -0.1) is 0 Å². The molecule has 3 rings (SSSR count). The van der Waals surface area contributed by atoms with Gasteiger partial charge in [0, 0.05) is 12.2 Å². The van der Waals surface area contributed by atoms with Gasteiger partial charge in [-0.1, -0.05) is 41.4 Å². The van der Waals surface area contributed by atoms with Crippen LogP contribution in [0.15, 0.2) is 42.5 Å². The molecule has 0 aliphatic carbocycles. The summed E-state index contributed by atoms with van der Waals surface area (Å²) in [5.74, 6) is 0.00502. The topological polar surface area (TPSA) is 32.3 Å². The first-order chi connectivity index (χ1) is 10.4. The smallest absolute Gasteiger partial charge is 0.258 e. The number of nitrogens with one attached hydrogen (secondary N) is 1. The molecule has 1 aliphatic rings. The molecule has 0 saturated carbocycles. The van der Waals surface area contributed by atoms with Gasteiger partial charge in [0.2, 0.25) is 0 Å². The van der Waals surface area contributed by atoms with Crippen LogP contribution in [0.2, 0.25) is 10.0 Å². The minimum absolute atomic E-state index is 0.00502. The molecule has 0 fully saturated rings. The maximum atomic E-state index is 12.8. The Morgan fingerprint density at radius 2 is 1.82 bits per heavy atom. The molecule has 1 heterocycles. The molecular weight excluding hydrogens is 319 g/mol. The molecule has 0 spiro atoms. The predicted octanol–water partition coefficient (Wildman–Crippen LogP) is 4.80. The summed E-state index contributed by atoms with van der Waals surface area (Å²) in [5, 5.41) is 4.42. The molecule has 0 aromatic heterocycles. The number of hydrogen-bond acceptors (Lipinski definition) is 2. The Morgan fingerprint density at radius 1 is 1.09 bits per heavy atom. The Morgan fingerprint density at radius 3 is 2.55 bits per heavy atom. The second kappa shape index (κ2) is 5.49. The van der Waals surface area contributed by atoms with E-state index in [1.165, 1.54) is 0 Å². The summed E-state index contributed by atoms with van der Waals surface area (Å²) in [6.45, 7) is 4.43. The molecule has 1 aliphatic heterocycles. The third kappa shape index (κ3) is 2.67. The third-order valence-electron chi connectivity index (χ3n) is 3.84. The molecule has 2 aromatic rings. The number of anilines is 1. The van der Waals surface area contributed by atoms with Gasteiger partial charge in [-0.05, 0) is 43.7 Å². The summed E-state index contributed by atoms with van der Waals surface area (Å²) in [6, 6.07) is 13.0. The number of benzene rings is 2. The number of carbonyl (C=O) groups excluding carboxylic acids is 1. The van der Waals surface area contributed by atoms with Crippen LogP contribution in [0.1, 0.15) is 29.8 Å². The van der Waals surface area contributed by atoms with Gasteiger partial charge in [-0.25, -0.2) is 0 Å². The van der Waals surface area contributed by atoms with Gasteiger partial charge in [0.25, 0.3) is 5.91 Å². The Hall–Kier alpha value is -1.71. The first-order valence-electron chi connectivity index (χ1n) is 7.01. The van der Waals surface area contributed by atoms with Crippen molar-refractivity contribution < 1.29 is 4.79 Å². The SMILES string of the molecule is CC1(C)Nc2ccccc2C(=O)N1Cc1ccc(Cl)c(Cl)c1. The van der Waals surface area contributed by atoms with E-state index >= 15 is 0 Å². The zero-order chi connectivity index (χ0) is 15.9. The molecule has 0 unspecified atom stereocenters. The van der Waals surface area contributed by atoms with Crippen LogP contribution in [-0.4, -0.2) is 16.5 Å². The molecule has 114 valence electrons. The summed E-state index contributed by atoms with van der Waals surface area (Å²) in [7, 11) is 0. The monoisotopic (exact) mass is 334 g/mol. The highest BCUT2D eigenvalue weighted by atomic mass is 35.5. The second-order valence-electron chi connectivity index (χ2n) is 5.87. The number of rotatable bonds is 2. The highest BCUT2D eigenvalue weighted by Crippen LogP contribution is 2.32. The van der Waals surface area contributed by atoms with Crippen molar-refractivity contribution in [3.8, 4) is 0 Å². The maximum Gasteiger partial charge on any atom is 0.258 e. The van der Waals surface area contributed by atoms with Crippen molar-refractivity contribution in [2.75, 3.05) is 5.32 Å². The van der Waals surface area contributed by atoms with E-state index in [4.69, 9.17) is 23.2 Å². The summed E-state index contributed by atoms with van der Waals surface area (Å²) >= 11 is 12.0. The maximum absolute atomic E-state index is 12.8. The van der Waals surface area contributed by atoms with Gasteiger partial charge in [0.15, 0.2) is 0 Å². The molecule has 0 bridgehead atoms. The zero-order valence-corrected chi connectivity index (χ0v) is 13.9. The van der Waals surface area contributed by atoms with E-state index in [0.29, 0.717) is 22.2 Å². The molecule has 0 radical (unpaired) electrons. The number of hydrogen-bond donors (Lipinski definition) is 1. The Bertz CT molecular complexity index is 743. The third-order valence-corrected chi connectivity index (χ3v) is 4.58. The van der Waals surface area contributed by atoms with Crippen molar-refractivity contribution in [1.82, 2.24) is 4.90 Å². The van der Waals surface area contributed by atoms with E-state index in [1.54, 1.807) is 17.0 Å². The quantitative estimate of drug-likeness (QED) is 0.855. The summed E-state index contributed by atoms with van der Waals surface area (Å²) in [5.41, 5.74) is 2.00. The standard InChI is InChI=1S/C17H16Cl2N2O/c1-17(2)20-15-6-4-3-5-12(15)16(22)21(17)10-11-7-8-13(18)14(19)9-11/h3-9,20H,10H2,1-2H3. The van der Waals surface area contributed by atoms with E-state index in [9.17, 15) is 4.79 Å². The first kappa shape index (κ1) is 15.2. The van der Waals surface area contributed by atoms with Crippen LogP contribution in [0.4, 0.5) is 5.69 Å². The predicted molar refractivity (Wildman–Crippen MR) is 90.5 cm³/mol. The van der Waals surface area contributed by atoms with E-state index in [1.807, 2.05) is 44.2 Å². The van der Waals surface area contributed by atoms with Crippen molar-refractivity contribution in [2.45, 2.75) is 26.1 Å². The van der Waals surface area contributed by atoms with Gasteiger partial charge < -0.3 is 10.2 Å². The minimum Gasteiger partial charge on any atom is -0.362 e. The number of amides is 1. The van der Waals surface area contributed by atoms with Crippen LogP contribution < -0.4 is 5.32 Å². The van der Waals surface area contributed by atoms with E-state index in [-0.39, 0.29) is 5.91 Å². The normalized spacial score (nSPS) is 16.2. The van der Waals surface area contributed by atoms with Crippen molar-refractivity contribution in [3.63, 3.8) is 0 Å². The lowest BCUT2D eigenvalue weighted by molar-refractivity contribution is 0.0552.